The van der Waals surface area contributed by atoms with Crippen molar-refractivity contribution in [3.63, 3.8) is 0 Å². The zero-order valence-electron chi connectivity index (χ0n) is 14.4. The fraction of sp³-hybridized carbons (Fsp3) is 0.412. The van der Waals surface area contributed by atoms with Gasteiger partial charge in [-0.3, -0.25) is 5.32 Å². The second-order valence-corrected chi connectivity index (χ2v) is 5.19. The second-order valence-electron chi connectivity index (χ2n) is 5.19. The number of anilines is 1. The van der Waals surface area contributed by atoms with Crippen LogP contribution in [0.3, 0.4) is 0 Å². The Morgan fingerprint density at radius 1 is 1.29 bits per heavy atom. The molecule has 0 aliphatic heterocycles. The molecule has 0 aliphatic rings. The van der Waals surface area contributed by atoms with Crippen LogP contribution in [-0.2, 0) is 17.8 Å². The van der Waals surface area contributed by atoms with E-state index >= 15 is 0 Å². The molecule has 2 amide bonds. The van der Waals surface area contributed by atoms with Crippen LogP contribution in [0.1, 0.15) is 12.5 Å². The summed E-state index contributed by atoms with van der Waals surface area (Å²) < 4.78 is 12.2. The first-order valence-electron chi connectivity index (χ1n) is 7.88. The maximum absolute atomic E-state index is 12.7. The lowest BCUT2D eigenvalue weighted by Crippen LogP contribution is -2.37. The lowest BCUT2D eigenvalue weighted by molar-refractivity contribution is 0.152. The van der Waals surface area contributed by atoms with E-state index in [2.05, 4.69) is 10.4 Å². The summed E-state index contributed by atoms with van der Waals surface area (Å²) in [5.41, 5.74) is 0.940. The van der Waals surface area contributed by atoms with Crippen LogP contribution in [0.2, 0.25) is 0 Å². The fourth-order valence-corrected chi connectivity index (χ4v) is 2.37. The Kier molecular flexibility index (Phi) is 6.62. The van der Waals surface area contributed by atoms with E-state index in [4.69, 9.17) is 9.47 Å². The van der Waals surface area contributed by atoms with E-state index < -0.39 is 0 Å². The van der Waals surface area contributed by atoms with Crippen molar-refractivity contribution in [2.45, 2.75) is 20.0 Å². The van der Waals surface area contributed by atoms with Crippen LogP contribution in [0.15, 0.2) is 36.5 Å². The number of nitrogens with one attached hydrogen (secondary N) is 1. The van der Waals surface area contributed by atoms with Crippen LogP contribution in [0.4, 0.5) is 10.6 Å². The Morgan fingerprint density at radius 2 is 2.08 bits per heavy atom. The molecule has 0 atom stereocenters. The minimum atomic E-state index is -0.201. The van der Waals surface area contributed by atoms with Crippen molar-refractivity contribution >= 4 is 11.8 Å². The Labute approximate surface area is 142 Å². The number of aryl methyl sites for hydroxylation is 1. The van der Waals surface area contributed by atoms with Gasteiger partial charge in [-0.1, -0.05) is 18.2 Å². The predicted octanol–water partition coefficient (Wildman–Crippen LogP) is 2.59. The molecule has 1 aromatic carbocycles. The van der Waals surface area contributed by atoms with Gasteiger partial charge < -0.3 is 14.4 Å². The summed E-state index contributed by atoms with van der Waals surface area (Å²) in [6, 6.07) is 9.24. The lowest BCUT2D eigenvalue weighted by atomic mass is 10.2. The van der Waals surface area contributed by atoms with Crippen molar-refractivity contribution < 1.29 is 14.3 Å². The minimum Gasteiger partial charge on any atom is -0.496 e. The maximum Gasteiger partial charge on any atom is 0.323 e. The first kappa shape index (κ1) is 17.8. The van der Waals surface area contributed by atoms with Gasteiger partial charge in [0.1, 0.15) is 11.6 Å². The smallest absolute Gasteiger partial charge is 0.323 e. The van der Waals surface area contributed by atoms with Gasteiger partial charge in [0.2, 0.25) is 0 Å². The van der Waals surface area contributed by atoms with Crippen LogP contribution in [0.25, 0.3) is 0 Å². The van der Waals surface area contributed by atoms with Crippen molar-refractivity contribution in [3.8, 4) is 5.75 Å². The highest BCUT2D eigenvalue weighted by Gasteiger charge is 2.17. The molecule has 0 saturated carbocycles. The number of ether oxygens (including phenoxy) is 2. The molecule has 1 N–H and O–H groups in total. The molecular formula is C17H24N4O3. The Morgan fingerprint density at radius 3 is 2.79 bits per heavy atom. The number of methoxy groups -OCH3 is 2. The van der Waals surface area contributed by atoms with E-state index in [1.807, 2.05) is 31.2 Å². The van der Waals surface area contributed by atoms with Gasteiger partial charge in [0.05, 0.1) is 26.5 Å². The van der Waals surface area contributed by atoms with Crippen molar-refractivity contribution in [3.05, 3.63) is 42.1 Å². The van der Waals surface area contributed by atoms with Crippen LogP contribution >= 0.6 is 0 Å². The average molecular weight is 332 g/mol. The highest BCUT2D eigenvalue weighted by molar-refractivity contribution is 5.88. The van der Waals surface area contributed by atoms with Crippen LogP contribution in [-0.4, -0.2) is 48.1 Å². The average Bonchev–Trinajstić information content (AvgIpc) is 3.05. The normalized spacial score (nSPS) is 10.5. The molecule has 1 heterocycles. The van der Waals surface area contributed by atoms with Crippen molar-refractivity contribution in [2.75, 3.05) is 32.7 Å². The molecule has 130 valence electrons. The molecule has 0 unspecified atom stereocenters. The van der Waals surface area contributed by atoms with Gasteiger partial charge in [0, 0.05) is 31.8 Å². The number of hydrogen-bond donors (Lipinski definition) is 1. The van der Waals surface area contributed by atoms with E-state index in [0.717, 1.165) is 11.3 Å². The molecule has 0 aliphatic carbocycles. The minimum absolute atomic E-state index is 0.201. The summed E-state index contributed by atoms with van der Waals surface area (Å²) in [6.45, 7) is 4.02. The van der Waals surface area contributed by atoms with Crippen LogP contribution < -0.4 is 10.1 Å². The summed E-state index contributed by atoms with van der Waals surface area (Å²) >= 11 is 0. The van der Waals surface area contributed by atoms with Crippen LogP contribution in [0, 0.1) is 0 Å². The Hall–Kier alpha value is -2.54. The molecule has 7 nitrogen and oxygen atoms in total. The zero-order valence-corrected chi connectivity index (χ0v) is 14.4. The van der Waals surface area contributed by atoms with E-state index in [9.17, 15) is 4.79 Å². The summed E-state index contributed by atoms with van der Waals surface area (Å²) in [6.07, 6.45) is 1.67. The number of carbonyl (C=O) groups is 1. The number of nitrogens with zero attached hydrogens (tertiary/aromatic N) is 3. The number of benzene rings is 1. The number of urea groups is 1. The molecule has 0 fully saturated rings. The molecule has 2 aromatic rings. The topological polar surface area (TPSA) is 68.6 Å². The summed E-state index contributed by atoms with van der Waals surface area (Å²) in [4.78, 5) is 14.4. The number of rotatable bonds is 8. The fourth-order valence-electron chi connectivity index (χ4n) is 2.37. The summed E-state index contributed by atoms with van der Waals surface area (Å²) in [5.74, 6) is 1.43. The quantitative estimate of drug-likeness (QED) is 0.807. The van der Waals surface area contributed by atoms with E-state index in [-0.39, 0.29) is 6.03 Å². The molecule has 7 heteroatoms. The molecule has 0 radical (unpaired) electrons. The number of carbonyl (C=O) groups excluding carboxylic acids is 1. The van der Waals surface area contributed by atoms with E-state index in [1.165, 1.54) is 0 Å². The molecule has 0 saturated heterocycles. The lowest BCUT2D eigenvalue weighted by Gasteiger charge is -2.24. The van der Waals surface area contributed by atoms with Gasteiger partial charge in [0.25, 0.3) is 0 Å². The first-order chi connectivity index (χ1) is 11.7. The van der Waals surface area contributed by atoms with Gasteiger partial charge in [-0.05, 0) is 13.0 Å². The monoisotopic (exact) mass is 332 g/mol. The number of hydrogen-bond acceptors (Lipinski definition) is 4. The zero-order chi connectivity index (χ0) is 17.4. The first-order valence-corrected chi connectivity index (χ1v) is 7.88. The number of aromatic nitrogens is 2. The van der Waals surface area contributed by atoms with Crippen LogP contribution in [0.5, 0.6) is 5.75 Å². The molecule has 0 bridgehead atoms. The highest BCUT2D eigenvalue weighted by atomic mass is 16.5. The van der Waals surface area contributed by atoms with Crippen molar-refractivity contribution in [2.24, 2.45) is 0 Å². The SMILES string of the molecule is CCn1nccc1NC(=O)N(CCOC)Cc1ccccc1OC. The van der Waals surface area contributed by atoms with E-state index in [1.54, 1.807) is 36.1 Å². The molecule has 1 aromatic heterocycles. The molecule has 2 rings (SSSR count). The second kappa shape index (κ2) is 8.93. The maximum atomic E-state index is 12.7. The predicted molar refractivity (Wildman–Crippen MR) is 92.2 cm³/mol. The van der Waals surface area contributed by atoms with Gasteiger partial charge in [0.15, 0.2) is 0 Å². The summed E-state index contributed by atoms with van der Waals surface area (Å²) in [7, 11) is 3.24. The Balaban J connectivity index is 2.13. The Bertz CT molecular complexity index is 657. The third kappa shape index (κ3) is 4.48. The van der Waals surface area contributed by atoms with Gasteiger partial charge in [-0.2, -0.15) is 5.10 Å². The standard InChI is InChI=1S/C17H24N4O3/c1-4-21-16(9-10-18-21)19-17(22)20(11-12-23-2)13-14-7-5-6-8-15(14)24-3/h5-10H,4,11-13H2,1-3H3,(H,19,22). The summed E-state index contributed by atoms with van der Waals surface area (Å²) in [5, 5.41) is 7.06. The van der Waals surface area contributed by atoms with Gasteiger partial charge in [-0.15, -0.1) is 0 Å². The van der Waals surface area contributed by atoms with Gasteiger partial charge >= 0.3 is 6.03 Å². The van der Waals surface area contributed by atoms with E-state index in [0.29, 0.717) is 32.1 Å². The highest BCUT2D eigenvalue weighted by Crippen LogP contribution is 2.20. The number of amides is 2. The van der Waals surface area contributed by atoms with Crippen molar-refractivity contribution in [1.29, 1.82) is 0 Å². The number of para-hydroxylation sites is 1. The third-order valence-electron chi connectivity index (χ3n) is 3.66. The molecule has 0 spiro atoms. The van der Waals surface area contributed by atoms with Crippen molar-refractivity contribution in [1.82, 2.24) is 14.7 Å². The van der Waals surface area contributed by atoms with Gasteiger partial charge in [-0.25, -0.2) is 9.48 Å². The molecule has 24 heavy (non-hydrogen) atoms. The largest absolute Gasteiger partial charge is 0.496 e. The molecular weight excluding hydrogens is 308 g/mol. The third-order valence-corrected chi connectivity index (χ3v) is 3.66.